The van der Waals surface area contributed by atoms with E-state index < -0.39 is 31.1 Å². The van der Waals surface area contributed by atoms with Gasteiger partial charge in [-0.25, -0.2) is 8.78 Å². The van der Waals surface area contributed by atoms with Crippen LogP contribution in [0, 0.1) is 0 Å². The molecule has 1 aromatic heterocycles. The van der Waals surface area contributed by atoms with Crippen molar-refractivity contribution in [3.05, 3.63) is 59.4 Å². The molecule has 2 aromatic rings. The topological polar surface area (TPSA) is 71.5 Å². The number of fused-ring (bicyclic) bond motifs is 1. The normalized spacial score (nSPS) is 19.2. The minimum absolute atomic E-state index is 0.0401. The zero-order chi connectivity index (χ0) is 17.1. The summed E-state index contributed by atoms with van der Waals surface area (Å²) in [5.41, 5.74) is 1.89. The molecule has 2 atom stereocenters. The average Bonchev–Trinajstić information content (AvgIpc) is 2.89. The van der Waals surface area contributed by atoms with Crippen LogP contribution in [0.25, 0.3) is 0 Å². The van der Waals surface area contributed by atoms with Crippen LogP contribution in [0.5, 0.6) is 5.75 Å². The molecular weight excluding hydrogens is 318 g/mol. The van der Waals surface area contributed by atoms with Gasteiger partial charge in [-0.15, -0.1) is 0 Å². The van der Waals surface area contributed by atoms with Crippen molar-refractivity contribution in [2.24, 2.45) is 0 Å². The lowest BCUT2D eigenvalue weighted by Crippen LogP contribution is -2.34. The molecule has 0 radical (unpaired) electrons. The monoisotopic (exact) mass is 334 g/mol. The first-order valence-corrected chi connectivity index (χ1v) is 7.48. The van der Waals surface area contributed by atoms with Crippen molar-refractivity contribution in [2.45, 2.75) is 25.0 Å². The maximum atomic E-state index is 12.4. The van der Waals surface area contributed by atoms with Gasteiger partial charge in [-0.1, -0.05) is 24.3 Å². The summed E-state index contributed by atoms with van der Waals surface area (Å²) < 4.78 is 29.3. The Hall–Kier alpha value is -2.54. The van der Waals surface area contributed by atoms with Gasteiger partial charge in [-0.05, 0) is 17.2 Å². The number of carbonyl (C=O) groups excluding carboxylic acids is 1. The smallest absolute Gasteiger partial charge is 0.272 e. The lowest BCUT2D eigenvalue weighted by molar-refractivity contribution is 0.0813. The van der Waals surface area contributed by atoms with Crippen LogP contribution in [0.4, 0.5) is 8.78 Å². The van der Waals surface area contributed by atoms with Gasteiger partial charge < -0.3 is 15.2 Å². The maximum absolute atomic E-state index is 12.4. The Morgan fingerprint density at radius 1 is 1.38 bits per heavy atom. The van der Waals surface area contributed by atoms with Gasteiger partial charge in [0.2, 0.25) is 0 Å². The highest BCUT2D eigenvalue weighted by Gasteiger charge is 2.32. The Morgan fingerprint density at radius 2 is 2.17 bits per heavy atom. The summed E-state index contributed by atoms with van der Waals surface area (Å²) in [6.07, 6.45) is -1.54. The molecule has 0 saturated heterocycles. The van der Waals surface area contributed by atoms with E-state index in [2.05, 4.69) is 10.3 Å². The lowest BCUT2D eigenvalue weighted by atomic mass is 10.1. The van der Waals surface area contributed by atoms with Crippen molar-refractivity contribution < 1.29 is 23.4 Å². The van der Waals surface area contributed by atoms with E-state index in [0.717, 1.165) is 11.1 Å². The number of nitrogens with zero attached hydrogens (tertiary/aromatic N) is 1. The standard InChI is InChI=1S/C17H16F2N2O3/c18-15(19)9-24-11-5-6-20-13(8-11)17(23)21-16-12-4-2-1-3-10(12)7-14(16)22/h1-6,8,14-16,22H,7,9H2,(H,21,23)/t14-,16+/m0/s1. The van der Waals surface area contributed by atoms with Crippen molar-refractivity contribution in [3.8, 4) is 5.75 Å². The largest absolute Gasteiger partial charge is 0.488 e. The van der Waals surface area contributed by atoms with Crippen molar-refractivity contribution in [1.82, 2.24) is 10.3 Å². The van der Waals surface area contributed by atoms with Crippen LogP contribution >= 0.6 is 0 Å². The molecule has 0 saturated carbocycles. The third-order valence-corrected chi connectivity index (χ3v) is 3.83. The number of pyridine rings is 1. The molecule has 1 amide bonds. The van der Waals surface area contributed by atoms with Crippen LogP contribution < -0.4 is 10.1 Å². The van der Waals surface area contributed by atoms with Gasteiger partial charge in [-0.2, -0.15) is 0 Å². The van der Waals surface area contributed by atoms with E-state index in [9.17, 15) is 18.7 Å². The third kappa shape index (κ3) is 3.51. The van der Waals surface area contributed by atoms with Gasteiger partial charge in [-0.3, -0.25) is 9.78 Å². The first-order valence-electron chi connectivity index (χ1n) is 7.48. The number of carbonyl (C=O) groups is 1. The molecule has 1 aromatic carbocycles. The molecule has 1 heterocycles. The van der Waals surface area contributed by atoms with Crippen LogP contribution in [0.3, 0.4) is 0 Å². The van der Waals surface area contributed by atoms with Gasteiger partial charge in [0.25, 0.3) is 12.3 Å². The number of hydrogen-bond donors (Lipinski definition) is 2. The summed E-state index contributed by atoms with van der Waals surface area (Å²) in [5.74, 6) is -0.360. The second-order valence-corrected chi connectivity index (χ2v) is 5.50. The molecule has 24 heavy (non-hydrogen) atoms. The van der Waals surface area contributed by atoms with E-state index in [1.807, 2.05) is 24.3 Å². The SMILES string of the molecule is O=C(N[C@@H]1c2ccccc2C[C@@H]1O)c1cc(OCC(F)F)ccn1. The van der Waals surface area contributed by atoms with E-state index in [4.69, 9.17) is 4.74 Å². The lowest BCUT2D eigenvalue weighted by Gasteiger charge is -2.17. The number of nitrogens with one attached hydrogen (secondary N) is 1. The van der Waals surface area contributed by atoms with Gasteiger partial charge in [0.1, 0.15) is 18.1 Å². The predicted octanol–water partition coefficient (Wildman–Crippen LogP) is 2.11. The Morgan fingerprint density at radius 3 is 2.96 bits per heavy atom. The summed E-state index contributed by atoms with van der Waals surface area (Å²) in [5, 5.41) is 12.9. The number of rotatable bonds is 5. The highest BCUT2D eigenvalue weighted by Crippen LogP contribution is 2.31. The van der Waals surface area contributed by atoms with Crippen LogP contribution in [0.1, 0.15) is 27.7 Å². The second-order valence-electron chi connectivity index (χ2n) is 5.50. The number of hydrogen-bond acceptors (Lipinski definition) is 4. The molecule has 7 heteroatoms. The Labute approximate surface area is 137 Å². The van der Waals surface area contributed by atoms with Gasteiger partial charge in [0.05, 0.1) is 12.1 Å². The number of aliphatic hydroxyl groups is 1. The fourth-order valence-corrected chi connectivity index (χ4v) is 2.75. The van der Waals surface area contributed by atoms with E-state index in [-0.39, 0.29) is 11.4 Å². The zero-order valence-corrected chi connectivity index (χ0v) is 12.7. The molecule has 0 fully saturated rings. The molecule has 0 aliphatic heterocycles. The summed E-state index contributed by atoms with van der Waals surface area (Å²) in [6.45, 7) is -0.750. The average molecular weight is 334 g/mol. The van der Waals surface area contributed by atoms with Crippen LogP contribution in [0.2, 0.25) is 0 Å². The highest BCUT2D eigenvalue weighted by molar-refractivity contribution is 5.93. The van der Waals surface area contributed by atoms with Crippen LogP contribution in [-0.2, 0) is 6.42 Å². The van der Waals surface area contributed by atoms with Gasteiger partial charge >= 0.3 is 0 Å². The highest BCUT2D eigenvalue weighted by atomic mass is 19.3. The van der Waals surface area contributed by atoms with Crippen LogP contribution in [-0.4, -0.2) is 35.1 Å². The molecule has 3 rings (SSSR count). The quantitative estimate of drug-likeness (QED) is 0.879. The van der Waals surface area contributed by atoms with E-state index >= 15 is 0 Å². The van der Waals surface area contributed by atoms with Crippen molar-refractivity contribution >= 4 is 5.91 Å². The summed E-state index contributed by atoms with van der Waals surface area (Å²) in [4.78, 5) is 16.3. The van der Waals surface area contributed by atoms with Crippen molar-refractivity contribution in [2.75, 3.05) is 6.61 Å². The Bertz CT molecular complexity index is 739. The number of amides is 1. The van der Waals surface area contributed by atoms with Gasteiger partial charge in [0, 0.05) is 18.7 Å². The number of alkyl halides is 2. The first-order chi connectivity index (χ1) is 11.5. The molecule has 5 nitrogen and oxygen atoms in total. The molecule has 126 valence electrons. The number of halogens is 2. The van der Waals surface area contributed by atoms with Crippen LogP contribution in [0.15, 0.2) is 42.6 Å². The number of aliphatic hydroxyl groups excluding tert-OH is 1. The Balaban J connectivity index is 1.72. The summed E-state index contributed by atoms with van der Waals surface area (Å²) in [6, 6.07) is 9.65. The van der Waals surface area contributed by atoms with Crippen molar-refractivity contribution in [3.63, 3.8) is 0 Å². The third-order valence-electron chi connectivity index (χ3n) is 3.83. The second kappa shape index (κ2) is 6.92. The van der Waals surface area contributed by atoms with E-state index in [1.54, 1.807) is 0 Å². The number of aromatic nitrogens is 1. The molecule has 0 unspecified atom stereocenters. The minimum atomic E-state index is -2.60. The maximum Gasteiger partial charge on any atom is 0.272 e. The fraction of sp³-hybridized carbons (Fsp3) is 0.294. The van der Waals surface area contributed by atoms with E-state index in [0.29, 0.717) is 6.42 Å². The minimum Gasteiger partial charge on any atom is -0.488 e. The molecule has 0 spiro atoms. The molecule has 2 N–H and O–H groups in total. The number of ether oxygens (including phenoxy) is 1. The zero-order valence-electron chi connectivity index (χ0n) is 12.7. The fourth-order valence-electron chi connectivity index (χ4n) is 2.75. The summed E-state index contributed by atoms with van der Waals surface area (Å²) >= 11 is 0. The number of benzene rings is 1. The predicted molar refractivity (Wildman–Crippen MR) is 82.1 cm³/mol. The molecule has 0 bridgehead atoms. The first kappa shape index (κ1) is 16.3. The van der Waals surface area contributed by atoms with Gasteiger partial charge in [0.15, 0.2) is 0 Å². The van der Waals surface area contributed by atoms with E-state index in [1.165, 1.54) is 18.3 Å². The molecule has 1 aliphatic rings. The Kier molecular flexibility index (Phi) is 4.71. The molecular formula is C17H16F2N2O3. The summed E-state index contributed by atoms with van der Waals surface area (Å²) in [7, 11) is 0. The molecule has 1 aliphatic carbocycles. The van der Waals surface area contributed by atoms with Crippen molar-refractivity contribution in [1.29, 1.82) is 0 Å².